The minimum atomic E-state index is -0.470. The number of phenols is 1. The number of rotatable bonds is 10. The second-order valence-corrected chi connectivity index (χ2v) is 9.42. The van der Waals surface area contributed by atoms with Gasteiger partial charge >= 0.3 is 0 Å². The molecule has 6 nitrogen and oxygen atoms in total. The van der Waals surface area contributed by atoms with Crippen molar-refractivity contribution in [3.63, 3.8) is 0 Å². The molecule has 2 unspecified atom stereocenters. The number of hydrogen-bond acceptors (Lipinski definition) is 5. The van der Waals surface area contributed by atoms with Crippen molar-refractivity contribution < 1.29 is 24.2 Å². The molecule has 1 saturated heterocycles. The number of hydrogen-bond donors (Lipinski definition) is 1. The van der Waals surface area contributed by atoms with E-state index in [9.17, 15) is 19.5 Å². The van der Waals surface area contributed by atoms with Crippen LogP contribution < -0.4 is 9.64 Å². The molecule has 2 aliphatic heterocycles. The first kappa shape index (κ1) is 24.0. The molecule has 1 N–H and O–H groups in total. The minimum Gasteiger partial charge on any atom is -0.507 e. The topological polar surface area (TPSA) is 83.9 Å². The van der Waals surface area contributed by atoms with Crippen LogP contribution in [0.3, 0.4) is 0 Å². The molecule has 0 spiro atoms. The summed E-state index contributed by atoms with van der Waals surface area (Å²) in [5.41, 5.74) is 1.95. The molecule has 1 fully saturated rings. The summed E-state index contributed by atoms with van der Waals surface area (Å²) < 4.78 is 5.91. The Morgan fingerprint density at radius 2 is 1.91 bits per heavy atom. The van der Waals surface area contributed by atoms with Gasteiger partial charge in [-0.05, 0) is 57.4 Å². The standard InChI is InChI=1S/C28H33NO5/c1-19(30)14-15-22-23-12-8-13-26(32)29(23)24-17-21(18-25(31)27(24)28(22)33)34-16-7-3-6-11-20-9-4-2-5-10-20/h2,4-5,9-10,17-18,22-23,31H,3,6-8,11-16H2,1H3. The van der Waals surface area contributed by atoms with Gasteiger partial charge in [-0.2, -0.15) is 0 Å². The van der Waals surface area contributed by atoms with Gasteiger partial charge in [0.05, 0.1) is 17.9 Å². The lowest BCUT2D eigenvalue weighted by Crippen LogP contribution is -2.53. The second kappa shape index (κ2) is 10.9. The summed E-state index contributed by atoms with van der Waals surface area (Å²) in [5, 5.41) is 10.7. The summed E-state index contributed by atoms with van der Waals surface area (Å²) >= 11 is 0. The van der Waals surface area contributed by atoms with Crippen LogP contribution >= 0.6 is 0 Å². The number of amides is 1. The summed E-state index contributed by atoms with van der Waals surface area (Å²) in [6, 6.07) is 13.3. The fourth-order valence-corrected chi connectivity index (χ4v) is 5.19. The van der Waals surface area contributed by atoms with E-state index in [4.69, 9.17) is 4.74 Å². The van der Waals surface area contributed by atoms with E-state index in [0.29, 0.717) is 37.3 Å². The smallest absolute Gasteiger partial charge is 0.227 e. The first-order valence-electron chi connectivity index (χ1n) is 12.3. The number of piperidine rings is 1. The number of ether oxygens (including phenoxy) is 1. The number of benzene rings is 2. The Morgan fingerprint density at radius 3 is 2.68 bits per heavy atom. The summed E-state index contributed by atoms with van der Waals surface area (Å²) in [6.45, 7) is 2.01. The monoisotopic (exact) mass is 463 g/mol. The van der Waals surface area contributed by atoms with Gasteiger partial charge in [0.2, 0.25) is 5.91 Å². The third-order valence-electron chi connectivity index (χ3n) is 6.90. The zero-order valence-corrected chi connectivity index (χ0v) is 19.8. The van der Waals surface area contributed by atoms with Gasteiger partial charge < -0.3 is 19.5 Å². The number of unbranched alkanes of at least 4 members (excludes halogenated alkanes) is 2. The number of carbonyl (C=O) groups is 3. The van der Waals surface area contributed by atoms with Crippen molar-refractivity contribution in [2.75, 3.05) is 11.5 Å². The maximum absolute atomic E-state index is 13.3. The number of Topliss-reactive ketones (excluding diaryl/α,β-unsaturated/α-hetero) is 2. The Kier molecular flexibility index (Phi) is 7.66. The highest BCUT2D eigenvalue weighted by molar-refractivity contribution is 6.13. The third kappa shape index (κ3) is 5.32. The van der Waals surface area contributed by atoms with Crippen LogP contribution in [-0.4, -0.2) is 35.2 Å². The van der Waals surface area contributed by atoms with Crippen molar-refractivity contribution in [1.82, 2.24) is 0 Å². The molecule has 1 amide bonds. The predicted octanol–water partition coefficient (Wildman–Crippen LogP) is 5.25. The number of aryl methyl sites for hydroxylation is 1. The Morgan fingerprint density at radius 1 is 1.12 bits per heavy atom. The van der Waals surface area contributed by atoms with Crippen LogP contribution in [0.1, 0.15) is 74.2 Å². The number of anilines is 1. The van der Waals surface area contributed by atoms with E-state index < -0.39 is 5.92 Å². The van der Waals surface area contributed by atoms with Crippen molar-refractivity contribution in [2.24, 2.45) is 5.92 Å². The van der Waals surface area contributed by atoms with E-state index in [0.717, 1.165) is 32.1 Å². The average Bonchev–Trinajstić information content (AvgIpc) is 2.81. The summed E-state index contributed by atoms with van der Waals surface area (Å²) in [4.78, 5) is 39.4. The third-order valence-corrected chi connectivity index (χ3v) is 6.90. The number of phenolic OH excluding ortho intramolecular Hbond substituents is 1. The number of nitrogens with zero attached hydrogens (tertiary/aromatic N) is 1. The van der Waals surface area contributed by atoms with E-state index in [1.165, 1.54) is 18.6 Å². The van der Waals surface area contributed by atoms with Crippen LogP contribution in [0.15, 0.2) is 42.5 Å². The number of fused-ring (bicyclic) bond motifs is 3. The molecule has 0 saturated carbocycles. The van der Waals surface area contributed by atoms with Gasteiger partial charge in [-0.1, -0.05) is 30.3 Å². The molecule has 0 radical (unpaired) electrons. The van der Waals surface area contributed by atoms with Gasteiger partial charge in [0.1, 0.15) is 17.3 Å². The normalized spacial score (nSPS) is 19.5. The van der Waals surface area contributed by atoms with Crippen molar-refractivity contribution in [2.45, 2.75) is 70.8 Å². The van der Waals surface area contributed by atoms with Gasteiger partial charge in [-0.15, -0.1) is 0 Å². The van der Waals surface area contributed by atoms with E-state index in [1.807, 2.05) is 6.07 Å². The molecule has 0 aromatic heterocycles. The van der Waals surface area contributed by atoms with Gasteiger partial charge in [-0.25, -0.2) is 0 Å². The molecule has 0 bridgehead atoms. The highest BCUT2D eigenvalue weighted by Crippen LogP contribution is 2.45. The minimum absolute atomic E-state index is 0.0176. The molecule has 2 aromatic carbocycles. The SMILES string of the molecule is CC(=O)CCC1C(=O)c2c(O)cc(OCCCCCc3ccccc3)cc2N2C(=O)CCCC12. The fraction of sp³-hybridized carbons (Fsp3) is 0.464. The lowest BCUT2D eigenvalue weighted by atomic mass is 9.77. The Bertz CT molecular complexity index is 1050. The molecule has 4 rings (SSSR count). The van der Waals surface area contributed by atoms with E-state index in [1.54, 1.807) is 11.0 Å². The summed E-state index contributed by atoms with van der Waals surface area (Å²) in [7, 11) is 0. The quantitative estimate of drug-likeness (QED) is 0.487. The molecule has 180 valence electrons. The summed E-state index contributed by atoms with van der Waals surface area (Å²) in [5.74, 6) is -0.378. The highest BCUT2D eigenvalue weighted by atomic mass is 16.5. The zero-order valence-electron chi connectivity index (χ0n) is 19.8. The first-order chi connectivity index (χ1) is 16.5. The van der Waals surface area contributed by atoms with Crippen molar-refractivity contribution in [3.05, 3.63) is 53.6 Å². The zero-order chi connectivity index (χ0) is 24.1. The number of ketones is 2. The number of aromatic hydroxyl groups is 1. The molecule has 2 aliphatic rings. The molecule has 0 aliphatic carbocycles. The van der Waals surface area contributed by atoms with Crippen LogP contribution in [0.25, 0.3) is 0 Å². The van der Waals surface area contributed by atoms with Crippen LogP contribution in [0, 0.1) is 5.92 Å². The molecule has 6 heteroatoms. The Hall–Kier alpha value is -3.15. The molecule has 2 aromatic rings. The van der Waals surface area contributed by atoms with Crippen molar-refractivity contribution in [1.29, 1.82) is 0 Å². The molecule has 2 atom stereocenters. The highest BCUT2D eigenvalue weighted by Gasteiger charge is 2.45. The Balaban J connectivity index is 1.44. The van der Waals surface area contributed by atoms with Crippen LogP contribution in [0.4, 0.5) is 5.69 Å². The first-order valence-corrected chi connectivity index (χ1v) is 12.3. The van der Waals surface area contributed by atoms with E-state index in [2.05, 4.69) is 24.3 Å². The predicted molar refractivity (Wildman–Crippen MR) is 130 cm³/mol. The Labute approximate surface area is 200 Å². The average molecular weight is 464 g/mol. The molecule has 34 heavy (non-hydrogen) atoms. The summed E-state index contributed by atoms with van der Waals surface area (Å²) in [6.07, 6.45) is 6.54. The lowest BCUT2D eigenvalue weighted by Gasteiger charge is -2.44. The van der Waals surface area contributed by atoms with E-state index in [-0.39, 0.29) is 41.2 Å². The van der Waals surface area contributed by atoms with Gasteiger partial charge in [-0.3, -0.25) is 9.59 Å². The van der Waals surface area contributed by atoms with Gasteiger partial charge in [0.15, 0.2) is 5.78 Å². The van der Waals surface area contributed by atoms with Crippen LogP contribution in [-0.2, 0) is 16.0 Å². The lowest BCUT2D eigenvalue weighted by molar-refractivity contribution is -0.120. The van der Waals surface area contributed by atoms with Crippen LogP contribution in [0.5, 0.6) is 11.5 Å². The maximum atomic E-state index is 13.3. The van der Waals surface area contributed by atoms with E-state index >= 15 is 0 Å². The van der Waals surface area contributed by atoms with Crippen molar-refractivity contribution in [3.8, 4) is 11.5 Å². The second-order valence-electron chi connectivity index (χ2n) is 9.42. The van der Waals surface area contributed by atoms with Crippen molar-refractivity contribution >= 4 is 23.2 Å². The largest absolute Gasteiger partial charge is 0.507 e. The number of carbonyl (C=O) groups excluding carboxylic acids is 3. The molecular weight excluding hydrogens is 430 g/mol. The van der Waals surface area contributed by atoms with Gasteiger partial charge in [0.25, 0.3) is 0 Å². The fourth-order valence-electron chi connectivity index (χ4n) is 5.19. The molecular formula is C28H33NO5. The maximum Gasteiger partial charge on any atom is 0.227 e. The van der Waals surface area contributed by atoms with Gasteiger partial charge in [0, 0.05) is 36.9 Å². The molecule has 2 heterocycles. The van der Waals surface area contributed by atoms with Crippen LogP contribution in [0.2, 0.25) is 0 Å².